The zero-order valence-corrected chi connectivity index (χ0v) is 10.3. The lowest BCUT2D eigenvalue weighted by Gasteiger charge is -2.36. The number of aliphatic hydroxyl groups is 1. The van der Waals surface area contributed by atoms with Crippen molar-refractivity contribution in [1.29, 1.82) is 0 Å². The second-order valence-electron chi connectivity index (χ2n) is 4.65. The van der Waals surface area contributed by atoms with Gasteiger partial charge in [0.15, 0.2) is 0 Å². The molecular formula is C13H18ClNO. The van der Waals surface area contributed by atoms with E-state index in [4.69, 9.17) is 11.6 Å². The van der Waals surface area contributed by atoms with Crippen LogP contribution < -0.4 is 0 Å². The molecule has 0 saturated carbocycles. The molecule has 0 radical (unpaired) electrons. The summed E-state index contributed by atoms with van der Waals surface area (Å²) in [7, 11) is 2.11. The predicted octanol–water partition coefficient (Wildman–Crippen LogP) is 2.37. The second kappa shape index (κ2) is 5.17. The quantitative estimate of drug-likeness (QED) is 0.857. The van der Waals surface area contributed by atoms with Gasteiger partial charge in [0.05, 0.1) is 0 Å². The Hall–Kier alpha value is -0.570. The molecule has 0 amide bonds. The normalized spacial score (nSPS) is 26.9. The topological polar surface area (TPSA) is 23.5 Å². The van der Waals surface area contributed by atoms with E-state index in [-0.39, 0.29) is 6.61 Å². The van der Waals surface area contributed by atoms with E-state index in [2.05, 4.69) is 24.1 Å². The average molecular weight is 240 g/mol. The summed E-state index contributed by atoms with van der Waals surface area (Å²) in [6, 6.07) is 8.04. The minimum atomic E-state index is 0.262. The summed E-state index contributed by atoms with van der Waals surface area (Å²) in [6.45, 7) is 2.34. The van der Waals surface area contributed by atoms with Gasteiger partial charge in [-0.3, -0.25) is 0 Å². The summed E-state index contributed by atoms with van der Waals surface area (Å²) >= 11 is 5.89. The number of likely N-dealkylation sites (tertiary alicyclic amines) is 1. The number of hydrogen-bond acceptors (Lipinski definition) is 2. The van der Waals surface area contributed by atoms with Crippen molar-refractivity contribution in [2.75, 3.05) is 26.7 Å². The molecule has 1 fully saturated rings. The number of piperidine rings is 1. The minimum absolute atomic E-state index is 0.262. The van der Waals surface area contributed by atoms with Crippen LogP contribution in [-0.2, 0) is 0 Å². The summed E-state index contributed by atoms with van der Waals surface area (Å²) in [5.41, 5.74) is 1.30. The van der Waals surface area contributed by atoms with Gasteiger partial charge in [-0.15, -0.1) is 0 Å². The van der Waals surface area contributed by atoms with E-state index in [0.29, 0.717) is 11.8 Å². The lowest BCUT2D eigenvalue weighted by atomic mass is 9.81. The molecule has 16 heavy (non-hydrogen) atoms. The fourth-order valence-corrected chi connectivity index (χ4v) is 2.67. The maximum Gasteiger partial charge on any atom is 0.0477 e. The van der Waals surface area contributed by atoms with Crippen LogP contribution >= 0.6 is 11.6 Å². The van der Waals surface area contributed by atoms with Crippen molar-refractivity contribution in [3.05, 3.63) is 34.9 Å². The van der Waals surface area contributed by atoms with Crippen LogP contribution in [0.4, 0.5) is 0 Å². The lowest BCUT2D eigenvalue weighted by Crippen LogP contribution is -2.38. The predicted molar refractivity (Wildman–Crippen MR) is 66.9 cm³/mol. The molecule has 2 rings (SSSR count). The van der Waals surface area contributed by atoms with E-state index in [1.165, 1.54) is 5.56 Å². The molecular weight excluding hydrogens is 222 g/mol. The molecule has 0 spiro atoms. The Morgan fingerprint density at radius 1 is 1.38 bits per heavy atom. The number of benzene rings is 1. The van der Waals surface area contributed by atoms with Crippen molar-refractivity contribution in [2.24, 2.45) is 5.92 Å². The number of aliphatic hydroxyl groups excluding tert-OH is 1. The van der Waals surface area contributed by atoms with Gasteiger partial charge in [-0.05, 0) is 43.6 Å². The van der Waals surface area contributed by atoms with Gasteiger partial charge in [0.25, 0.3) is 0 Å². The second-order valence-corrected chi connectivity index (χ2v) is 5.09. The Labute approximate surface area is 102 Å². The third-order valence-corrected chi connectivity index (χ3v) is 3.72. The largest absolute Gasteiger partial charge is 0.396 e. The molecule has 88 valence electrons. The number of nitrogens with zero attached hydrogens (tertiary/aromatic N) is 1. The molecule has 1 N–H and O–H groups in total. The highest BCUT2D eigenvalue weighted by molar-refractivity contribution is 6.30. The number of halogens is 1. The molecule has 0 bridgehead atoms. The fourth-order valence-electron chi connectivity index (χ4n) is 2.55. The van der Waals surface area contributed by atoms with E-state index in [9.17, 15) is 5.11 Å². The molecule has 0 aliphatic carbocycles. The summed E-state index contributed by atoms with van der Waals surface area (Å²) in [4.78, 5) is 2.29. The van der Waals surface area contributed by atoms with Crippen molar-refractivity contribution in [3.63, 3.8) is 0 Å². The van der Waals surface area contributed by atoms with Gasteiger partial charge >= 0.3 is 0 Å². The Balaban J connectivity index is 2.15. The zero-order chi connectivity index (χ0) is 11.5. The number of rotatable bonds is 2. The van der Waals surface area contributed by atoms with Gasteiger partial charge in [-0.1, -0.05) is 23.7 Å². The van der Waals surface area contributed by atoms with E-state index in [1.807, 2.05) is 12.1 Å². The monoisotopic (exact) mass is 239 g/mol. The van der Waals surface area contributed by atoms with E-state index >= 15 is 0 Å². The van der Waals surface area contributed by atoms with Crippen LogP contribution in [-0.4, -0.2) is 36.8 Å². The molecule has 1 saturated heterocycles. The Morgan fingerprint density at radius 2 is 2.06 bits per heavy atom. The van der Waals surface area contributed by atoms with Crippen LogP contribution in [0.2, 0.25) is 5.02 Å². The molecule has 0 aromatic heterocycles. The van der Waals surface area contributed by atoms with Crippen LogP contribution in [0.1, 0.15) is 17.9 Å². The molecule has 1 aliphatic rings. The minimum Gasteiger partial charge on any atom is -0.396 e. The molecule has 3 heteroatoms. The summed E-state index contributed by atoms with van der Waals surface area (Å²) in [6.07, 6.45) is 1.11. The standard InChI is InChI=1S/C13H18ClNO/c1-15-7-6-13(11(8-15)9-16)10-2-4-12(14)5-3-10/h2-5,11,13,16H,6-9H2,1H3/t11?,13-/m0/s1. The van der Waals surface area contributed by atoms with E-state index < -0.39 is 0 Å². The lowest BCUT2D eigenvalue weighted by molar-refractivity contribution is 0.118. The van der Waals surface area contributed by atoms with Gasteiger partial charge in [0.1, 0.15) is 0 Å². The van der Waals surface area contributed by atoms with E-state index in [0.717, 1.165) is 24.5 Å². The Kier molecular flexibility index (Phi) is 3.85. The summed E-state index contributed by atoms with van der Waals surface area (Å²) in [5.74, 6) is 0.818. The van der Waals surface area contributed by atoms with Crippen molar-refractivity contribution in [1.82, 2.24) is 4.90 Å². The maximum absolute atomic E-state index is 9.44. The Bertz CT molecular complexity index is 338. The zero-order valence-electron chi connectivity index (χ0n) is 9.56. The molecule has 1 aliphatic heterocycles. The maximum atomic E-state index is 9.44. The highest BCUT2D eigenvalue weighted by Gasteiger charge is 2.28. The average Bonchev–Trinajstić information content (AvgIpc) is 2.30. The van der Waals surface area contributed by atoms with Crippen LogP contribution in [0.5, 0.6) is 0 Å². The first-order valence-electron chi connectivity index (χ1n) is 5.75. The first-order chi connectivity index (χ1) is 7.70. The molecule has 1 aromatic carbocycles. The van der Waals surface area contributed by atoms with Gasteiger partial charge in [0.2, 0.25) is 0 Å². The molecule has 1 heterocycles. The third-order valence-electron chi connectivity index (χ3n) is 3.47. The molecule has 1 aromatic rings. The first kappa shape index (κ1) is 11.9. The van der Waals surface area contributed by atoms with Crippen molar-refractivity contribution in [3.8, 4) is 0 Å². The molecule has 2 atom stereocenters. The smallest absolute Gasteiger partial charge is 0.0477 e. The van der Waals surface area contributed by atoms with Crippen LogP contribution in [0.15, 0.2) is 24.3 Å². The Morgan fingerprint density at radius 3 is 2.69 bits per heavy atom. The summed E-state index contributed by atoms with van der Waals surface area (Å²) < 4.78 is 0. The molecule has 1 unspecified atom stereocenters. The fraction of sp³-hybridized carbons (Fsp3) is 0.538. The van der Waals surface area contributed by atoms with Gasteiger partial charge in [-0.2, -0.15) is 0 Å². The van der Waals surface area contributed by atoms with Crippen molar-refractivity contribution < 1.29 is 5.11 Å². The SMILES string of the molecule is CN1CC[C@@H](c2ccc(Cl)cc2)C(CO)C1. The summed E-state index contributed by atoms with van der Waals surface area (Å²) in [5, 5.41) is 10.2. The third kappa shape index (κ3) is 2.57. The van der Waals surface area contributed by atoms with Gasteiger partial charge in [0, 0.05) is 24.1 Å². The van der Waals surface area contributed by atoms with Crippen LogP contribution in [0, 0.1) is 5.92 Å². The van der Waals surface area contributed by atoms with Crippen molar-refractivity contribution >= 4 is 11.6 Å². The van der Waals surface area contributed by atoms with Crippen LogP contribution in [0.25, 0.3) is 0 Å². The van der Waals surface area contributed by atoms with Crippen molar-refractivity contribution in [2.45, 2.75) is 12.3 Å². The highest BCUT2D eigenvalue weighted by Crippen LogP contribution is 2.32. The van der Waals surface area contributed by atoms with Gasteiger partial charge < -0.3 is 10.0 Å². The van der Waals surface area contributed by atoms with Gasteiger partial charge in [-0.25, -0.2) is 0 Å². The molecule has 2 nitrogen and oxygen atoms in total. The highest BCUT2D eigenvalue weighted by atomic mass is 35.5. The van der Waals surface area contributed by atoms with Crippen LogP contribution in [0.3, 0.4) is 0 Å². The van der Waals surface area contributed by atoms with E-state index in [1.54, 1.807) is 0 Å². The first-order valence-corrected chi connectivity index (χ1v) is 6.13. The number of hydrogen-bond donors (Lipinski definition) is 1.